The number of nitro groups is 1. The van der Waals surface area contributed by atoms with Crippen LogP contribution in [0.2, 0.25) is 0 Å². The lowest BCUT2D eigenvalue weighted by Crippen LogP contribution is -2.50. The van der Waals surface area contributed by atoms with Crippen molar-refractivity contribution >= 4 is 17.3 Å². The fourth-order valence-electron chi connectivity index (χ4n) is 2.92. The minimum Gasteiger partial charge on any atom is -0.378 e. The molecule has 0 saturated carbocycles. The van der Waals surface area contributed by atoms with Crippen molar-refractivity contribution in [3.8, 4) is 0 Å². The third-order valence-electron chi connectivity index (χ3n) is 4.37. The van der Waals surface area contributed by atoms with Crippen molar-refractivity contribution in [1.82, 2.24) is 4.90 Å². The first-order valence-corrected chi connectivity index (χ1v) is 8.07. The van der Waals surface area contributed by atoms with E-state index >= 15 is 0 Å². The van der Waals surface area contributed by atoms with Gasteiger partial charge in [0.1, 0.15) is 0 Å². The number of anilines is 1. The normalized spacial score (nSPS) is 15.7. The van der Waals surface area contributed by atoms with Crippen molar-refractivity contribution in [1.29, 1.82) is 0 Å². The molecule has 7 nitrogen and oxygen atoms in total. The van der Waals surface area contributed by atoms with Gasteiger partial charge in [0.05, 0.1) is 4.92 Å². The monoisotopic (exact) mass is 341 g/mol. The van der Waals surface area contributed by atoms with E-state index < -0.39 is 11.0 Å². The fourth-order valence-corrected chi connectivity index (χ4v) is 2.92. The smallest absolute Gasteiger partial charge is 0.269 e. The number of hydrogen-bond donors (Lipinski definition) is 1. The third kappa shape index (κ3) is 3.77. The van der Waals surface area contributed by atoms with Gasteiger partial charge in [-0.25, -0.2) is 0 Å². The Morgan fingerprint density at radius 1 is 1.00 bits per heavy atom. The molecule has 1 amide bonds. The highest BCUT2D eigenvalue weighted by molar-refractivity contribution is 5.82. The van der Waals surface area contributed by atoms with E-state index in [1.54, 1.807) is 41.3 Å². The zero-order valence-electron chi connectivity index (χ0n) is 13.6. The quantitative estimate of drug-likeness (QED) is 0.679. The Kier molecular flexibility index (Phi) is 4.95. The summed E-state index contributed by atoms with van der Waals surface area (Å²) in [7, 11) is 0. The van der Waals surface area contributed by atoms with Crippen LogP contribution in [-0.4, -0.2) is 47.0 Å². The first-order valence-electron chi connectivity index (χ1n) is 8.07. The molecule has 25 heavy (non-hydrogen) atoms. The van der Waals surface area contributed by atoms with Gasteiger partial charge in [0.25, 0.3) is 11.6 Å². The average Bonchev–Trinajstić information content (AvgIpc) is 2.67. The Hall–Kier alpha value is -2.93. The number of carbonyl (C=O) groups is 1. The maximum Gasteiger partial charge on any atom is 0.269 e. The second kappa shape index (κ2) is 7.31. The zero-order chi connectivity index (χ0) is 17.8. The van der Waals surface area contributed by atoms with Gasteiger partial charge >= 0.3 is 0 Å². The number of carbonyl (C=O) groups excluding carboxylic acids is 1. The summed E-state index contributed by atoms with van der Waals surface area (Å²) in [4.78, 5) is 26.5. The van der Waals surface area contributed by atoms with E-state index in [1.165, 1.54) is 12.1 Å². The molecule has 2 aromatic carbocycles. The van der Waals surface area contributed by atoms with Crippen LogP contribution in [0.4, 0.5) is 11.4 Å². The maximum absolute atomic E-state index is 12.4. The van der Waals surface area contributed by atoms with E-state index in [0.717, 1.165) is 5.69 Å². The number of hydrogen-bond acceptors (Lipinski definition) is 5. The van der Waals surface area contributed by atoms with E-state index in [4.69, 9.17) is 0 Å². The fraction of sp³-hybridized carbons (Fsp3) is 0.278. The van der Waals surface area contributed by atoms with Crippen LogP contribution in [0, 0.1) is 10.1 Å². The maximum atomic E-state index is 12.4. The van der Waals surface area contributed by atoms with Gasteiger partial charge in [-0.2, -0.15) is 0 Å². The van der Waals surface area contributed by atoms with Crippen LogP contribution in [0.5, 0.6) is 0 Å². The Labute approximate surface area is 145 Å². The Morgan fingerprint density at radius 2 is 1.60 bits per heavy atom. The van der Waals surface area contributed by atoms with Gasteiger partial charge < -0.3 is 14.9 Å². The molecule has 1 N–H and O–H groups in total. The van der Waals surface area contributed by atoms with Gasteiger partial charge in [-0.15, -0.1) is 0 Å². The van der Waals surface area contributed by atoms with Crippen molar-refractivity contribution in [3.05, 3.63) is 70.3 Å². The van der Waals surface area contributed by atoms with Gasteiger partial charge in [0, 0.05) is 44.0 Å². The number of non-ortho nitro benzene ring substituents is 1. The molecule has 0 aromatic heterocycles. The van der Waals surface area contributed by atoms with E-state index in [2.05, 4.69) is 4.90 Å². The van der Waals surface area contributed by atoms with E-state index in [-0.39, 0.29) is 11.6 Å². The molecule has 0 spiro atoms. The Balaban J connectivity index is 1.59. The lowest BCUT2D eigenvalue weighted by Gasteiger charge is -2.36. The second-order valence-electron chi connectivity index (χ2n) is 5.90. The lowest BCUT2D eigenvalue weighted by molar-refractivity contribution is -0.384. The predicted molar refractivity (Wildman–Crippen MR) is 93.3 cm³/mol. The van der Waals surface area contributed by atoms with Gasteiger partial charge in [0.2, 0.25) is 0 Å². The molecule has 2 aromatic rings. The SMILES string of the molecule is O=C(C(O)c1ccccc1)N1CCN(c2ccc([N+](=O)[O-])cc2)CC1. The molecule has 1 heterocycles. The molecule has 0 radical (unpaired) electrons. The van der Waals surface area contributed by atoms with Gasteiger partial charge in [0.15, 0.2) is 6.10 Å². The van der Waals surface area contributed by atoms with Crippen LogP contribution in [0.15, 0.2) is 54.6 Å². The Bertz CT molecular complexity index is 741. The summed E-state index contributed by atoms with van der Waals surface area (Å²) in [5.74, 6) is -0.297. The number of nitrogens with zero attached hydrogens (tertiary/aromatic N) is 3. The average molecular weight is 341 g/mol. The first-order chi connectivity index (χ1) is 12.1. The lowest BCUT2D eigenvalue weighted by atomic mass is 10.1. The largest absolute Gasteiger partial charge is 0.378 e. The van der Waals surface area contributed by atoms with Gasteiger partial charge in [-0.1, -0.05) is 30.3 Å². The first kappa shape index (κ1) is 16.9. The van der Waals surface area contributed by atoms with Crippen LogP contribution in [0.3, 0.4) is 0 Å². The third-order valence-corrected chi connectivity index (χ3v) is 4.37. The molecule has 1 aliphatic rings. The summed E-state index contributed by atoms with van der Waals surface area (Å²) in [6.45, 7) is 2.23. The molecular formula is C18H19N3O4. The second-order valence-corrected chi connectivity index (χ2v) is 5.90. The summed E-state index contributed by atoms with van der Waals surface area (Å²) < 4.78 is 0. The van der Waals surface area contributed by atoms with Gasteiger partial charge in [-0.3, -0.25) is 14.9 Å². The minimum atomic E-state index is -1.15. The molecule has 1 fully saturated rings. The molecule has 0 aliphatic carbocycles. The molecule has 0 bridgehead atoms. The highest BCUT2D eigenvalue weighted by Crippen LogP contribution is 2.22. The predicted octanol–water partition coefficient (Wildman–Crippen LogP) is 1.98. The van der Waals surface area contributed by atoms with Crippen molar-refractivity contribution in [2.24, 2.45) is 0 Å². The number of amides is 1. The number of rotatable bonds is 4. The number of benzene rings is 2. The summed E-state index contributed by atoms with van der Waals surface area (Å²) >= 11 is 0. The number of aliphatic hydroxyl groups excluding tert-OH is 1. The van der Waals surface area contributed by atoms with Gasteiger partial charge in [-0.05, 0) is 17.7 Å². The van der Waals surface area contributed by atoms with Crippen molar-refractivity contribution < 1.29 is 14.8 Å². The molecule has 7 heteroatoms. The molecule has 1 aliphatic heterocycles. The van der Waals surface area contributed by atoms with Crippen LogP contribution >= 0.6 is 0 Å². The van der Waals surface area contributed by atoms with Crippen LogP contribution in [-0.2, 0) is 4.79 Å². The van der Waals surface area contributed by atoms with Crippen LogP contribution < -0.4 is 4.90 Å². The van der Waals surface area contributed by atoms with Crippen LogP contribution in [0.1, 0.15) is 11.7 Å². The number of nitro benzene ring substituents is 1. The highest BCUT2D eigenvalue weighted by atomic mass is 16.6. The molecule has 1 saturated heterocycles. The van der Waals surface area contributed by atoms with E-state index in [9.17, 15) is 20.0 Å². The summed E-state index contributed by atoms with van der Waals surface area (Å²) in [5.41, 5.74) is 1.54. The topological polar surface area (TPSA) is 86.9 Å². The summed E-state index contributed by atoms with van der Waals surface area (Å²) in [6, 6.07) is 15.3. The molecule has 130 valence electrons. The van der Waals surface area contributed by atoms with Crippen molar-refractivity contribution in [2.75, 3.05) is 31.1 Å². The zero-order valence-corrected chi connectivity index (χ0v) is 13.6. The summed E-state index contributed by atoms with van der Waals surface area (Å²) in [6.07, 6.45) is -1.15. The van der Waals surface area contributed by atoms with Crippen molar-refractivity contribution in [3.63, 3.8) is 0 Å². The van der Waals surface area contributed by atoms with E-state index in [0.29, 0.717) is 31.7 Å². The molecule has 1 unspecified atom stereocenters. The minimum absolute atomic E-state index is 0.0588. The molecule has 1 atom stereocenters. The van der Waals surface area contributed by atoms with Crippen LogP contribution in [0.25, 0.3) is 0 Å². The Morgan fingerprint density at radius 3 is 2.16 bits per heavy atom. The van der Waals surface area contributed by atoms with E-state index in [1.807, 2.05) is 6.07 Å². The summed E-state index contributed by atoms with van der Waals surface area (Å²) in [5, 5.41) is 20.9. The number of piperazine rings is 1. The number of aliphatic hydroxyl groups is 1. The van der Waals surface area contributed by atoms with Crippen molar-refractivity contribution in [2.45, 2.75) is 6.10 Å². The highest BCUT2D eigenvalue weighted by Gasteiger charge is 2.27. The molecular weight excluding hydrogens is 322 g/mol. The standard InChI is InChI=1S/C18H19N3O4/c22-17(14-4-2-1-3-5-14)18(23)20-12-10-19(11-13-20)15-6-8-16(9-7-15)21(24)25/h1-9,17,22H,10-13H2. The molecule has 3 rings (SSSR count).